The summed E-state index contributed by atoms with van der Waals surface area (Å²) in [4.78, 5) is 64.1. The molecule has 12 heteroatoms. The summed E-state index contributed by atoms with van der Waals surface area (Å²) >= 11 is 0. The van der Waals surface area contributed by atoms with Gasteiger partial charge in [-0.2, -0.15) is 0 Å². The van der Waals surface area contributed by atoms with Crippen molar-refractivity contribution in [1.29, 1.82) is 0 Å². The van der Waals surface area contributed by atoms with E-state index in [1.807, 2.05) is 30.3 Å². The molecule has 1 fully saturated rings. The molecule has 0 spiro atoms. The van der Waals surface area contributed by atoms with Crippen molar-refractivity contribution in [1.82, 2.24) is 20.9 Å². The maximum Gasteiger partial charge on any atom is 0.408 e. The quantitative estimate of drug-likeness (QED) is 0.260. The number of carbonyl (C=O) groups is 5. The van der Waals surface area contributed by atoms with Gasteiger partial charge in [0.25, 0.3) is 0 Å². The monoisotopic (exact) mass is 576 g/mol. The van der Waals surface area contributed by atoms with Crippen LogP contribution in [0.5, 0.6) is 0 Å². The minimum atomic E-state index is -1.15. The maximum atomic E-state index is 13.6. The number of carbonyl (C=O) groups excluding carboxylic acids is 4. The maximum absolute atomic E-state index is 13.6. The van der Waals surface area contributed by atoms with E-state index >= 15 is 0 Å². The smallest absolute Gasteiger partial charge is 0.408 e. The molecule has 2 rings (SSSR count). The molecule has 0 aromatic heterocycles. The first kappa shape index (κ1) is 33.4. The first-order chi connectivity index (χ1) is 19.3. The van der Waals surface area contributed by atoms with Gasteiger partial charge in [0.1, 0.15) is 30.3 Å². The van der Waals surface area contributed by atoms with Crippen LogP contribution in [0.4, 0.5) is 9.59 Å². The van der Waals surface area contributed by atoms with Gasteiger partial charge in [0.05, 0.1) is 0 Å². The molecule has 12 nitrogen and oxygen atoms in total. The highest BCUT2D eigenvalue weighted by Gasteiger charge is 2.39. The zero-order valence-corrected chi connectivity index (χ0v) is 24.6. The molecule has 1 aromatic carbocycles. The lowest BCUT2D eigenvalue weighted by Gasteiger charge is -2.30. The van der Waals surface area contributed by atoms with Gasteiger partial charge in [-0.05, 0) is 64.4 Å². The number of benzene rings is 1. The van der Waals surface area contributed by atoms with Crippen molar-refractivity contribution >= 4 is 30.0 Å². The number of amides is 4. The van der Waals surface area contributed by atoms with E-state index in [1.54, 1.807) is 34.6 Å². The van der Waals surface area contributed by atoms with E-state index in [0.717, 1.165) is 5.56 Å². The van der Waals surface area contributed by atoms with Crippen molar-refractivity contribution in [3.8, 4) is 0 Å². The molecule has 1 saturated heterocycles. The molecule has 0 saturated carbocycles. The minimum Gasteiger partial charge on any atom is -0.480 e. The van der Waals surface area contributed by atoms with Crippen LogP contribution in [0.25, 0.3) is 0 Å². The fourth-order valence-corrected chi connectivity index (χ4v) is 4.41. The number of hydrogen-bond donors (Lipinski definition) is 4. The summed E-state index contributed by atoms with van der Waals surface area (Å²) in [5.74, 6) is -2.47. The highest BCUT2D eigenvalue weighted by atomic mass is 16.6. The first-order valence-corrected chi connectivity index (χ1v) is 14.1. The standard InChI is InChI=1S/C29H44N4O8/c1-19(2)23(26(36)37)32-24(34)22-15-11-17-33(22)25(35)21(31-28(39)41-29(3,4)5)14-9-10-16-30-27(38)40-18-20-12-7-6-8-13-20/h6-8,12-13,19,21-23H,9-11,14-18H2,1-5H3,(H,30,38)(H,31,39)(H,32,34)(H,36,37)/t21-,22-,23-/m0/s1. The van der Waals surface area contributed by atoms with Gasteiger partial charge in [0, 0.05) is 13.1 Å². The number of carboxylic acids is 1. The first-order valence-electron chi connectivity index (χ1n) is 14.1. The third-order valence-electron chi connectivity index (χ3n) is 6.46. The van der Waals surface area contributed by atoms with E-state index in [4.69, 9.17) is 9.47 Å². The number of nitrogens with zero attached hydrogens (tertiary/aromatic N) is 1. The lowest BCUT2D eigenvalue weighted by atomic mass is 10.0. The van der Waals surface area contributed by atoms with Crippen LogP contribution in [0, 0.1) is 5.92 Å². The van der Waals surface area contributed by atoms with Crippen LogP contribution in [0.15, 0.2) is 30.3 Å². The van der Waals surface area contributed by atoms with Gasteiger partial charge in [0.15, 0.2) is 0 Å². The van der Waals surface area contributed by atoms with Crippen molar-refractivity contribution in [2.75, 3.05) is 13.1 Å². The predicted molar refractivity (Wildman–Crippen MR) is 151 cm³/mol. The average molecular weight is 577 g/mol. The van der Waals surface area contributed by atoms with E-state index in [-0.39, 0.29) is 18.9 Å². The molecule has 41 heavy (non-hydrogen) atoms. The molecular weight excluding hydrogens is 532 g/mol. The molecular formula is C29H44N4O8. The molecule has 0 unspecified atom stereocenters. The molecule has 1 heterocycles. The van der Waals surface area contributed by atoms with Crippen LogP contribution in [0.3, 0.4) is 0 Å². The van der Waals surface area contributed by atoms with E-state index in [1.165, 1.54) is 4.90 Å². The highest BCUT2D eigenvalue weighted by Crippen LogP contribution is 2.21. The Labute approximate surface area is 241 Å². The Kier molecular flexibility index (Phi) is 12.9. The van der Waals surface area contributed by atoms with Gasteiger partial charge in [-0.15, -0.1) is 0 Å². The van der Waals surface area contributed by atoms with E-state index in [0.29, 0.717) is 38.8 Å². The molecule has 1 aromatic rings. The highest BCUT2D eigenvalue weighted by molar-refractivity contribution is 5.93. The Morgan fingerprint density at radius 2 is 1.71 bits per heavy atom. The van der Waals surface area contributed by atoms with Gasteiger partial charge in [-0.1, -0.05) is 44.2 Å². The number of hydrogen-bond acceptors (Lipinski definition) is 7. The van der Waals surface area contributed by atoms with Gasteiger partial charge in [-0.3, -0.25) is 9.59 Å². The Balaban J connectivity index is 1.97. The molecule has 1 aliphatic rings. The number of rotatable bonds is 13. The number of likely N-dealkylation sites (tertiary alicyclic amines) is 1. The van der Waals surface area contributed by atoms with Crippen LogP contribution < -0.4 is 16.0 Å². The fraction of sp³-hybridized carbons (Fsp3) is 0.621. The third kappa shape index (κ3) is 11.7. The largest absolute Gasteiger partial charge is 0.480 e. The number of nitrogens with one attached hydrogen (secondary N) is 3. The van der Waals surface area contributed by atoms with Crippen molar-refractivity contribution < 1.29 is 38.6 Å². The second kappa shape index (κ2) is 15.8. The molecule has 3 atom stereocenters. The van der Waals surface area contributed by atoms with Crippen LogP contribution in [-0.2, 0) is 30.5 Å². The summed E-state index contributed by atoms with van der Waals surface area (Å²) in [6, 6.07) is 6.40. The Hall–Kier alpha value is -3.83. The van der Waals surface area contributed by atoms with Gasteiger partial charge in [-0.25, -0.2) is 14.4 Å². The SMILES string of the molecule is CC(C)[C@H](NC(=O)[C@@H]1CCCN1C(=O)[C@H](CCCCNC(=O)OCc1ccccc1)NC(=O)OC(C)(C)C)C(=O)O. The van der Waals surface area contributed by atoms with Crippen molar-refractivity contribution in [3.05, 3.63) is 35.9 Å². The number of aliphatic carboxylic acids is 1. The van der Waals surface area contributed by atoms with Crippen LogP contribution in [0.1, 0.15) is 72.3 Å². The second-order valence-electron chi connectivity index (χ2n) is 11.4. The zero-order valence-electron chi connectivity index (χ0n) is 24.6. The molecule has 0 aliphatic carbocycles. The predicted octanol–water partition coefficient (Wildman–Crippen LogP) is 3.19. The van der Waals surface area contributed by atoms with E-state index < -0.39 is 53.7 Å². The number of alkyl carbamates (subject to hydrolysis) is 2. The average Bonchev–Trinajstić information content (AvgIpc) is 3.38. The van der Waals surface area contributed by atoms with Gasteiger partial charge in [0.2, 0.25) is 11.8 Å². The topological polar surface area (TPSA) is 163 Å². The van der Waals surface area contributed by atoms with Crippen molar-refractivity contribution in [3.63, 3.8) is 0 Å². The molecule has 0 radical (unpaired) electrons. The molecule has 0 bridgehead atoms. The van der Waals surface area contributed by atoms with Crippen LogP contribution in [-0.4, -0.2) is 76.8 Å². The fourth-order valence-electron chi connectivity index (χ4n) is 4.41. The third-order valence-corrected chi connectivity index (χ3v) is 6.46. The molecule has 4 N–H and O–H groups in total. The Morgan fingerprint density at radius 1 is 1.02 bits per heavy atom. The number of unbranched alkanes of at least 4 members (excludes halogenated alkanes) is 1. The summed E-state index contributed by atoms with van der Waals surface area (Å²) in [5.41, 5.74) is 0.0920. The lowest BCUT2D eigenvalue weighted by molar-refractivity contribution is -0.145. The van der Waals surface area contributed by atoms with Crippen LogP contribution >= 0.6 is 0 Å². The van der Waals surface area contributed by atoms with Gasteiger partial charge < -0.3 is 35.4 Å². The Morgan fingerprint density at radius 3 is 2.32 bits per heavy atom. The normalized spacial score (nSPS) is 16.4. The Bertz CT molecular complexity index is 1040. The number of carboxylic acid groups (broad SMARTS) is 1. The summed E-state index contributed by atoms with van der Waals surface area (Å²) in [6.45, 7) is 9.27. The summed E-state index contributed by atoms with van der Waals surface area (Å²) in [6.07, 6.45) is 0.870. The minimum absolute atomic E-state index is 0.151. The summed E-state index contributed by atoms with van der Waals surface area (Å²) in [5, 5.41) is 17.3. The lowest BCUT2D eigenvalue weighted by Crippen LogP contribution is -2.56. The molecule has 1 aliphatic heterocycles. The molecule has 4 amide bonds. The van der Waals surface area contributed by atoms with Crippen LogP contribution in [0.2, 0.25) is 0 Å². The van der Waals surface area contributed by atoms with E-state index in [9.17, 15) is 29.1 Å². The van der Waals surface area contributed by atoms with Crippen molar-refractivity contribution in [2.24, 2.45) is 5.92 Å². The summed E-state index contributed by atoms with van der Waals surface area (Å²) < 4.78 is 10.5. The number of ether oxygens (including phenoxy) is 2. The zero-order chi connectivity index (χ0) is 30.6. The van der Waals surface area contributed by atoms with Crippen molar-refractivity contribution in [2.45, 2.75) is 97.1 Å². The summed E-state index contributed by atoms with van der Waals surface area (Å²) in [7, 11) is 0. The second-order valence-corrected chi connectivity index (χ2v) is 11.4. The van der Waals surface area contributed by atoms with Gasteiger partial charge >= 0.3 is 18.2 Å². The van der Waals surface area contributed by atoms with E-state index in [2.05, 4.69) is 16.0 Å². The molecule has 228 valence electrons.